The standard InChI is InChI=1S/C14H15IN2O3/c15-9-4-5-12(18)11(7-9)14-16-13(17-20-14)8-10-3-1-2-6-19-10/h4-5,7,10,18H,1-3,6,8H2. The Labute approximate surface area is 130 Å². The van der Waals surface area contributed by atoms with Gasteiger partial charge in [0.1, 0.15) is 5.75 Å². The molecule has 1 aromatic heterocycles. The summed E-state index contributed by atoms with van der Waals surface area (Å²) in [7, 11) is 0. The zero-order valence-corrected chi connectivity index (χ0v) is 13.0. The van der Waals surface area contributed by atoms with Gasteiger partial charge in [-0.15, -0.1) is 0 Å². The molecular weight excluding hydrogens is 371 g/mol. The summed E-state index contributed by atoms with van der Waals surface area (Å²) in [4.78, 5) is 4.36. The predicted molar refractivity (Wildman–Crippen MR) is 81.4 cm³/mol. The first-order chi connectivity index (χ1) is 9.72. The van der Waals surface area contributed by atoms with Crippen LogP contribution in [0.1, 0.15) is 25.1 Å². The van der Waals surface area contributed by atoms with Crippen LogP contribution in [0.25, 0.3) is 11.5 Å². The molecule has 1 unspecified atom stereocenters. The molecule has 1 aliphatic heterocycles. The summed E-state index contributed by atoms with van der Waals surface area (Å²) in [6.45, 7) is 0.813. The third-order valence-electron chi connectivity index (χ3n) is 3.34. The molecular formula is C14H15IN2O3. The summed E-state index contributed by atoms with van der Waals surface area (Å²) in [5.41, 5.74) is 0.570. The van der Waals surface area contributed by atoms with Gasteiger partial charge in [-0.1, -0.05) is 5.16 Å². The molecule has 1 aliphatic rings. The van der Waals surface area contributed by atoms with E-state index in [2.05, 4.69) is 32.7 Å². The molecule has 1 N–H and O–H groups in total. The summed E-state index contributed by atoms with van der Waals surface area (Å²) in [5, 5.41) is 13.8. The van der Waals surface area contributed by atoms with Crippen molar-refractivity contribution in [1.82, 2.24) is 10.1 Å². The molecule has 0 bridgehead atoms. The summed E-state index contributed by atoms with van der Waals surface area (Å²) < 4.78 is 11.9. The third-order valence-corrected chi connectivity index (χ3v) is 4.01. The molecule has 106 valence electrons. The quantitative estimate of drug-likeness (QED) is 0.821. The zero-order valence-electron chi connectivity index (χ0n) is 10.9. The maximum atomic E-state index is 9.86. The van der Waals surface area contributed by atoms with Crippen molar-refractivity contribution in [2.24, 2.45) is 0 Å². The Hall–Kier alpha value is -1.15. The largest absolute Gasteiger partial charge is 0.507 e. The van der Waals surface area contributed by atoms with Crippen LogP contribution in [0.4, 0.5) is 0 Å². The summed E-state index contributed by atoms with van der Waals surface area (Å²) >= 11 is 2.18. The maximum absolute atomic E-state index is 9.86. The number of benzene rings is 1. The Bertz CT molecular complexity index is 594. The molecule has 20 heavy (non-hydrogen) atoms. The monoisotopic (exact) mass is 386 g/mol. The van der Waals surface area contributed by atoms with E-state index in [9.17, 15) is 5.11 Å². The maximum Gasteiger partial charge on any atom is 0.261 e. The van der Waals surface area contributed by atoms with Gasteiger partial charge in [0.05, 0.1) is 11.7 Å². The molecule has 5 nitrogen and oxygen atoms in total. The molecule has 0 spiro atoms. The van der Waals surface area contributed by atoms with E-state index < -0.39 is 0 Å². The number of ether oxygens (including phenoxy) is 1. The highest BCUT2D eigenvalue weighted by molar-refractivity contribution is 14.1. The summed E-state index contributed by atoms with van der Waals surface area (Å²) in [5.74, 6) is 1.13. The van der Waals surface area contributed by atoms with Crippen LogP contribution >= 0.6 is 22.6 Å². The van der Waals surface area contributed by atoms with Crippen LogP contribution in [0.2, 0.25) is 0 Å². The molecule has 1 saturated heterocycles. The van der Waals surface area contributed by atoms with Crippen molar-refractivity contribution in [2.75, 3.05) is 6.61 Å². The molecule has 3 rings (SSSR count). The number of aromatic hydroxyl groups is 1. The van der Waals surface area contributed by atoms with E-state index in [1.165, 1.54) is 6.42 Å². The van der Waals surface area contributed by atoms with Gasteiger partial charge in [0.25, 0.3) is 5.89 Å². The number of aromatic nitrogens is 2. The molecule has 1 fully saturated rings. The fraction of sp³-hybridized carbons (Fsp3) is 0.429. The number of hydrogen-bond donors (Lipinski definition) is 1. The second-order valence-electron chi connectivity index (χ2n) is 4.87. The van der Waals surface area contributed by atoms with Crippen LogP contribution in [0.3, 0.4) is 0 Å². The van der Waals surface area contributed by atoms with E-state index in [4.69, 9.17) is 9.26 Å². The van der Waals surface area contributed by atoms with Gasteiger partial charge in [-0.05, 0) is 60.1 Å². The van der Waals surface area contributed by atoms with Crippen LogP contribution in [0.5, 0.6) is 5.75 Å². The first-order valence-corrected chi connectivity index (χ1v) is 7.73. The van der Waals surface area contributed by atoms with Crippen LogP contribution in [0.15, 0.2) is 22.7 Å². The lowest BCUT2D eigenvalue weighted by atomic mass is 10.1. The van der Waals surface area contributed by atoms with Crippen LogP contribution in [0, 0.1) is 3.57 Å². The van der Waals surface area contributed by atoms with E-state index in [1.54, 1.807) is 6.07 Å². The Balaban J connectivity index is 1.77. The van der Waals surface area contributed by atoms with Crippen LogP contribution < -0.4 is 0 Å². The number of phenols is 1. The van der Waals surface area contributed by atoms with Gasteiger partial charge in [-0.25, -0.2) is 0 Å². The first-order valence-electron chi connectivity index (χ1n) is 6.65. The second kappa shape index (κ2) is 6.09. The van der Waals surface area contributed by atoms with Crippen molar-refractivity contribution >= 4 is 22.6 Å². The minimum Gasteiger partial charge on any atom is -0.507 e. The van der Waals surface area contributed by atoms with Crippen molar-refractivity contribution in [3.8, 4) is 17.2 Å². The molecule has 1 atom stereocenters. The molecule has 1 aromatic carbocycles. The Kier molecular flexibility index (Phi) is 4.21. The Morgan fingerprint density at radius 2 is 2.25 bits per heavy atom. The van der Waals surface area contributed by atoms with Gasteiger partial charge >= 0.3 is 0 Å². The van der Waals surface area contributed by atoms with Crippen molar-refractivity contribution < 1.29 is 14.4 Å². The summed E-state index contributed by atoms with van der Waals surface area (Å²) in [6, 6.07) is 5.28. The Morgan fingerprint density at radius 3 is 3.05 bits per heavy atom. The predicted octanol–water partition coefficient (Wildman–Crippen LogP) is 3.16. The topological polar surface area (TPSA) is 68.4 Å². The summed E-state index contributed by atoms with van der Waals surface area (Å²) in [6.07, 6.45) is 4.20. The van der Waals surface area contributed by atoms with Crippen molar-refractivity contribution in [2.45, 2.75) is 31.8 Å². The van der Waals surface area contributed by atoms with Crippen LogP contribution in [-0.2, 0) is 11.2 Å². The van der Waals surface area contributed by atoms with E-state index >= 15 is 0 Å². The fourth-order valence-corrected chi connectivity index (χ4v) is 2.79. The van der Waals surface area contributed by atoms with E-state index in [1.807, 2.05) is 12.1 Å². The van der Waals surface area contributed by atoms with Gasteiger partial charge in [-0.3, -0.25) is 0 Å². The number of rotatable bonds is 3. The van der Waals surface area contributed by atoms with Gasteiger partial charge < -0.3 is 14.4 Å². The molecule has 0 radical (unpaired) electrons. The molecule has 0 aliphatic carbocycles. The second-order valence-corrected chi connectivity index (χ2v) is 6.12. The zero-order chi connectivity index (χ0) is 13.9. The SMILES string of the molecule is Oc1ccc(I)cc1-c1nc(CC2CCCCO2)no1. The van der Waals surface area contributed by atoms with Gasteiger partial charge in [0.2, 0.25) is 0 Å². The lowest BCUT2D eigenvalue weighted by molar-refractivity contribution is 0.0153. The number of phenolic OH excluding ortho intramolecular Hbond substituents is 1. The minimum absolute atomic E-state index is 0.148. The Morgan fingerprint density at radius 1 is 1.35 bits per heavy atom. The average molecular weight is 386 g/mol. The van der Waals surface area contributed by atoms with Gasteiger partial charge in [0, 0.05) is 16.6 Å². The van der Waals surface area contributed by atoms with E-state index in [0.717, 1.165) is 23.0 Å². The molecule has 2 heterocycles. The highest BCUT2D eigenvalue weighted by Crippen LogP contribution is 2.29. The smallest absolute Gasteiger partial charge is 0.261 e. The number of hydrogen-bond acceptors (Lipinski definition) is 5. The van der Waals surface area contributed by atoms with Crippen molar-refractivity contribution in [3.63, 3.8) is 0 Å². The van der Waals surface area contributed by atoms with Gasteiger partial charge in [-0.2, -0.15) is 4.98 Å². The van der Waals surface area contributed by atoms with Crippen molar-refractivity contribution in [3.05, 3.63) is 27.6 Å². The van der Waals surface area contributed by atoms with Gasteiger partial charge in [0.15, 0.2) is 5.82 Å². The molecule has 2 aromatic rings. The van der Waals surface area contributed by atoms with E-state index in [-0.39, 0.29) is 11.9 Å². The van der Waals surface area contributed by atoms with Crippen molar-refractivity contribution in [1.29, 1.82) is 0 Å². The number of nitrogens with zero attached hydrogens (tertiary/aromatic N) is 2. The third kappa shape index (κ3) is 3.12. The minimum atomic E-state index is 0.148. The highest BCUT2D eigenvalue weighted by atomic mass is 127. The highest BCUT2D eigenvalue weighted by Gasteiger charge is 2.19. The lowest BCUT2D eigenvalue weighted by Gasteiger charge is -2.20. The molecule has 6 heteroatoms. The number of halogens is 1. The molecule has 0 amide bonds. The molecule has 0 saturated carbocycles. The van der Waals surface area contributed by atoms with E-state index in [0.29, 0.717) is 23.7 Å². The average Bonchev–Trinajstić information content (AvgIpc) is 2.91. The normalized spacial score (nSPS) is 19.1. The fourth-order valence-electron chi connectivity index (χ4n) is 2.30. The van der Waals surface area contributed by atoms with Crippen LogP contribution in [-0.4, -0.2) is 28.0 Å². The lowest BCUT2D eigenvalue weighted by Crippen LogP contribution is -2.21. The first kappa shape index (κ1) is 13.8.